The van der Waals surface area contributed by atoms with Crippen LogP contribution >= 0.6 is 0 Å². The van der Waals surface area contributed by atoms with Crippen LogP contribution in [0.15, 0.2) is 28.7 Å². The third-order valence-electron chi connectivity index (χ3n) is 3.10. The van der Waals surface area contributed by atoms with Crippen molar-refractivity contribution in [1.29, 1.82) is 0 Å². The molecule has 0 aliphatic rings. The van der Waals surface area contributed by atoms with Crippen LogP contribution < -0.4 is 0 Å². The lowest BCUT2D eigenvalue weighted by atomic mass is 10.1. The monoisotopic (exact) mass is 275 g/mol. The molecule has 1 aromatic carbocycles. The molecule has 0 aliphatic carbocycles. The molecule has 0 fully saturated rings. The summed E-state index contributed by atoms with van der Waals surface area (Å²) in [5.41, 5.74) is 2.13. The summed E-state index contributed by atoms with van der Waals surface area (Å²) in [5, 5.41) is 17.4. The number of aliphatic hydroxyl groups excluding tert-OH is 1. The predicted octanol–water partition coefficient (Wildman–Crippen LogP) is 2.25. The number of aromatic nitrogens is 2. The van der Waals surface area contributed by atoms with E-state index in [-0.39, 0.29) is 6.10 Å². The van der Waals surface area contributed by atoms with E-state index in [1.54, 1.807) is 6.92 Å². The van der Waals surface area contributed by atoms with Crippen LogP contribution in [0.3, 0.4) is 0 Å². The summed E-state index contributed by atoms with van der Waals surface area (Å²) in [6, 6.07) is 8.00. The van der Waals surface area contributed by atoms with E-state index in [1.807, 2.05) is 38.2 Å². The maximum absolute atomic E-state index is 9.26. The van der Waals surface area contributed by atoms with Gasteiger partial charge in [0.05, 0.1) is 12.6 Å². The Balaban J connectivity index is 1.96. The summed E-state index contributed by atoms with van der Waals surface area (Å²) >= 11 is 0. The number of hydrogen-bond donors (Lipinski definition) is 1. The predicted molar refractivity (Wildman–Crippen MR) is 77.1 cm³/mol. The Bertz CT molecular complexity index is 534. The first-order chi connectivity index (χ1) is 9.54. The molecule has 1 heterocycles. The van der Waals surface area contributed by atoms with Crippen LogP contribution in [0.2, 0.25) is 0 Å². The van der Waals surface area contributed by atoms with Crippen LogP contribution in [0.5, 0.6) is 0 Å². The molecule has 0 radical (unpaired) electrons. The van der Waals surface area contributed by atoms with Crippen molar-refractivity contribution in [3.8, 4) is 11.5 Å². The largest absolute Gasteiger partial charge is 0.419 e. The first kappa shape index (κ1) is 14.7. The highest BCUT2D eigenvalue weighted by Gasteiger charge is 2.10. The third-order valence-corrected chi connectivity index (χ3v) is 3.10. The first-order valence-electron chi connectivity index (χ1n) is 6.80. The zero-order valence-corrected chi connectivity index (χ0v) is 12.2. The second-order valence-electron chi connectivity index (χ2n) is 5.24. The van der Waals surface area contributed by atoms with Crippen LogP contribution in [0, 0.1) is 6.92 Å². The molecule has 1 unspecified atom stereocenters. The molecule has 0 saturated carbocycles. The van der Waals surface area contributed by atoms with Gasteiger partial charge in [0, 0.05) is 12.1 Å². The Morgan fingerprint density at radius 2 is 1.95 bits per heavy atom. The topological polar surface area (TPSA) is 62.4 Å². The van der Waals surface area contributed by atoms with Gasteiger partial charge in [-0.05, 0) is 39.4 Å². The Labute approximate surface area is 119 Å². The van der Waals surface area contributed by atoms with Crippen molar-refractivity contribution in [2.45, 2.75) is 32.9 Å². The number of aryl methyl sites for hydroxylation is 1. The van der Waals surface area contributed by atoms with Gasteiger partial charge < -0.3 is 9.52 Å². The molecule has 0 amide bonds. The number of aliphatic hydroxyl groups is 1. The Morgan fingerprint density at radius 3 is 2.60 bits per heavy atom. The highest BCUT2D eigenvalue weighted by atomic mass is 16.4. The minimum Gasteiger partial charge on any atom is -0.419 e. The normalized spacial score (nSPS) is 12.8. The van der Waals surface area contributed by atoms with E-state index in [0.29, 0.717) is 18.3 Å². The molecule has 0 aliphatic heterocycles. The molecule has 108 valence electrons. The van der Waals surface area contributed by atoms with Crippen molar-refractivity contribution in [3.05, 3.63) is 35.7 Å². The van der Waals surface area contributed by atoms with Gasteiger partial charge in [-0.2, -0.15) is 0 Å². The van der Waals surface area contributed by atoms with Gasteiger partial charge in [-0.3, -0.25) is 4.90 Å². The fourth-order valence-corrected chi connectivity index (χ4v) is 1.85. The van der Waals surface area contributed by atoms with Crippen molar-refractivity contribution in [3.63, 3.8) is 0 Å². The standard InChI is InChI=1S/C15H21N3O2/c1-11-4-6-13(7-5-11)15-17-16-14(20-15)10-18(3)9-8-12(2)19/h4-7,12,19H,8-10H2,1-3H3. The maximum Gasteiger partial charge on any atom is 0.247 e. The zero-order valence-electron chi connectivity index (χ0n) is 12.2. The lowest BCUT2D eigenvalue weighted by molar-refractivity contribution is 0.159. The molecule has 0 bridgehead atoms. The van der Waals surface area contributed by atoms with Crippen LogP contribution in [-0.4, -0.2) is 39.9 Å². The number of benzene rings is 1. The smallest absolute Gasteiger partial charge is 0.247 e. The van der Waals surface area contributed by atoms with Crippen molar-refractivity contribution >= 4 is 0 Å². The lowest BCUT2D eigenvalue weighted by Gasteiger charge is -2.14. The van der Waals surface area contributed by atoms with Crippen LogP contribution in [0.1, 0.15) is 24.8 Å². The quantitative estimate of drug-likeness (QED) is 0.876. The molecule has 0 saturated heterocycles. The number of nitrogens with zero attached hydrogens (tertiary/aromatic N) is 3. The van der Waals surface area contributed by atoms with Crippen molar-refractivity contribution in [2.24, 2.45) is 0 Å². The van der Waals surface area contributed by atoms with E-state index < -0.39 is 0 Å². The van der Waals surface area contributed by atoms with Gasteiger partial charge in [0.25, 0.3) is 0 Å². The van der Waals surface area contributed by atoms with Crippen LogP contribution in [0.25, 0.3) is 11.5 Å². The second-order valence-corrected chi connectivity index (χ2v) is 5.24. The molecule has 20 heavy (non-hydrogen) atoms. The second kappa shape index (κ2) is 6.63. The summed E-state index contributed by atoms with van der Waals surface area (Å²) in [4.78, 5) is 2.05. The van der Waals surface area contributed by atoms with Crippen molar-refractivity contribution < 1.29 is 9.52 Å². The summed E-state index contributed by atoms with van der Waals surface area (Å²) < 4.78 is 5.66. The molecule has 1 atom stereocenters. The number of rotatable bonds is 6. The number of hydrogen-bond acceptors (Lipinski definition) is 5. The van der Waals surface area contributed by atoms with Gasteiger partial charge in [0.15, 0.2) is 0 Å². The fourth-order valence-electron chi connectivity index (χ4n) is 1.85. The Kier molecular flexibility index (Phi) is 4.87. The molecule has 5 heteroatoms. The fraction of sp³-hybridized carbons (Fsp3) is 0.467. The summed E-state index contributed by atoms with van der Waals surface area (Å²) in [6.45, 7) is 5.21. The Morgan fingerprint density at radius 1 is 1.25 bits per heavy atom. The average Bonchev–Trinajstić information content (AvgIpc) is 2.85. The van der Waals surface area contributed by atoms with E-state index in [1.165, 1.54) is 5.56 Å². The zero-order chi connectivity index (χ0) is 14.5. The highest BCUT2D eigenvalue weighted by Crippen LogP contribution is 2.18. The average molecular weight is 275 g/mol. The molecule has 1 N–H and O–H groups in total. The maximum atomic E-state index is 9.26. The summed E-state index contributed by atoms with van der Waals surface area (Å²) in [7, 11) is 1.97. The molecule has 5 nitrogen and oxygen atoms in total. The van der Waals surface area contributed by atoms with E-state index in [4.69, 9.17) is 4.42 Å². The van der Waals surface area contributed by atoms with E-state index >= 15 is 0 Å². The first-order valence-corrected chi connectivity index (χ1v) is 6.80. The van der Waals surface area contributed by atoms with Gasteiger partial charge in [0.2, 0.25) is 11.8 Å². The summed E-state index contributed by atoms with van der Waals surface area (Å²) in [5.74, 6) is 1.14. The van der Waals surface area contributed by atoms with Gasteiger partial charge >= 0.3 is 0 Å². The minimum absolute atomic E-state index is 0.289. The van der Waals surface area contributed by atoms with E-state index in [2.05, 4.69) is 15.1 Å². The lowest BCUT2D eigenvalue weighted by Crippen LogP contribution is -2.22. The van der Waals surface area contributed by atoms with Gasteiger partial charge in [0.1, 0.15) is 0 Å². The van der Waals surface area contributed by atoms with Gasteiger partial charge in [-0.1, -0.05) is 17.7 Å². The van der Waals surface area contributed by atoms with E-state index in [9.17, 15) is 5.11 Å². The third kappa shape index (κ3) is 4.15. The molecular formula is C15H21N3O2. The van der Waals surface area contributed by atoms with Crippen molar-refractivity contribution in [1.82, 2.24) is 15.1 Å². The molecular weight excluding hydrogens is 254 g/mol. The molecule has 2 rings (SSSR count). The molecule has 2 aromatic rings. The highest BCUT2D eigenvalue weighted by molar-refractivity contribution is 5.52. The summed E-state index contributed by atoms with van der Waals surface area (Å²) in [6.07, 6.45) is 0.443. The van der Waals surface area contributed by atoms with Gasteiger partial charge in [-0.25, -0.2) is 0 Å². The molecule has 1 aromatic heterocycles. The van der Waals surface area contributed by atoms with E-state index in [0.717, 1.165) is 18.5 Å². The van der Waals surface area contributed by atoms with Crippen LogP contribution in [-0.2, 0) is 6.54 Å². The van der Waals surface area contributed by atoms with Crippen LogP contribution in [0.4, 0.5) is 0 Å². The Hall–Kier alpha value is -1.72. The minimum atomic E-state index is -0.289. The SMILES string of the molecule is Cc1ccc(-c2nnc(CN(C)CCC(C)O)o2)cc1. The van der Waals surface area contributed by atoms with Gasteiger partial charge in [-0.15, -0.1) is 10.2 Å². The van der Waals surface area contributed by atoms with Crippen molar-refractivity contribution in [2.75, 3.05) is 13.6 Å². The molecule has 0 spiro atoms.